The molecule has 5 heteroatoms. The van der Waals surface area contributed by atoms with Crippen LogP contribution >= 0.6 is 11.3 Å². The Balaban J connectivity index is 2.32. The zero-order valence-corrected chi connectivity index (χ0v) is 8.62. The average Bonchev–Trinajstić information content (AvgIpc) is 2.78. The van der Waals surface area contributed by atoms with Gasteiger partial charge in [-0.15, -0.1) is 11.3 Å². The number of benzene rings is 1. The summed E-state index contributed by atoms with van der Waals surface area (Å²) >= 11 is 1.32. The monoisotopic (exact) mass is 214 g/mol. The van der Waals surface area contributed by atoms with Crippen molar-refractivity contribution >= 4 is 25.2 Å². The van der Waals surface area contributed by atoms with E-state index in [4.69, 9.17) is 7.98 Å². The minimum atomic E-state index is -0.359. The average molecular weight is 214 g/mol. The van der Waals surface area contributed by atoms with Gasteiger partial charge < -0.3 is 5.23 Å². The van der Waals surface area contributed by atoms with Crippen molar-refractivity contribution in [2.75, 3.05) is 0 Å². The van der Waals surface area contributed by atoms with E-state index >= 15 is 0 Å². The molecule has 1 N–H and O–H groups in total. The molecule has 0 aliphatic rings. The molecule has 0 atom stereocenters. The van der Waals surface area contributed by atoms with Gasteiger partial charge in [0, 0.05) is 6.20 Å². The summed E-state index contributed by atoms with van der Waals surface area (Å²) in [5, 5.41) is 2.43. The second-order valence-corrected chi connectivity index (χ2v) is 3.90. The lowest BCUT2D eigenvalue weighted by Crippen LogP contribution is -2.18. The second kappa shape index (κ2) is 4.27. The number of carbonyl (C=O) groups is 1. The highest BCUT2D eigenvalue weighted by Crippen LogP contribution is 2.25. The summed E-state index contributed by atoms with van der Waals surface area (Å²) in [6.45, 7) is 0. The van der Waals surface area contributed by atoms with E-state index in [1.807, 2.05) is 30.3 Å². The van der Waals surface area contributed by atoms with Crippen molar-refractivity contribution in [1.29, 1.82) is 0 Å². The van der Waals surface area contributed by atoms with Gasteiger partial charge in [0.2, 0.25) is 7.98 Å². The minimum Gasteiger partial charge on any atom is -0.403 e. The van der Waals surface area contributed by atoms with Crippen molar-refractivity contribution in [2.45, 2.75) is 0 Å². The van der Waals surface area contributed by atoms with Crippen LogP contribution in [-0.2, 0) is 0 Å². The Bertz CT molecular complexity index is 469. The predicted molar refractivity (Wildman–Crippen MR) is 60.8 cm³/mol. The summed E-state index contributed by atoms with van der Waals surface area (Å²) < 4.78 is 0. The fourth-order valence-corrected chi connectivity index (χ4v) is 2.00. The first kappa shape index (κ1) is 9.92. The third kappa shape index (κ3) is 2.07. The Morgan fingerprint density at radius 3 is 2.73 bits per heavy atom. The van der Waals surface area contributed by atoms with E-state index in [1.54, 1.807) is 6.20 Å². The van der Waals surface area contributed by atoms with E-state index in [2.05, 4.69) is 10.2 Å². The number of hydrogen-bond acceptors (Lipinski definition) is 3. The third-order valence-corrected chi connectivity index (χ3v) is 2.93. The number of hydrogen-bond donors (Lipinski definition) is 1. The number of carbonyl (C=O) groups excluding carboxylic acids is 1. The van der Waals surface area contributed by atoms with Crippen molar-refractivity contribution in [2.24, 2.45) is 0 Å². The first-order chi connectivity index (χ1) is 7.31. The van der Waals surface area contributed by atoms with E-state index in [0.29, 0.717) is 5.01 Å². The maximum absolute atomic E-state index is 11.2. The Hall–Kier alpha value is -1.62. The van der Waals surface area contributed by atoms with Crippen LogP contribution in [0.25, 0.3) is 10.4 Å². The van der Waals surface area contributed by atoms with Crippen molar-refractivity contribution in [3.63, 3.8) is 0 Å². The van der Waals surface area contributed by atoms with Crippen LogP contribution in [0.5, 0.6) is 0 Å². The topological polar surface area (TPSA) is 42.0 Å². The Morgan fingerprint density at radius 2 is 2.07 bits per heavy atom. The Morgan fingerprint density at radius 1 is 1.33 bits per heavy atom. The highest BCUT2D eigenvalue weighted by molar-refractivity contribution is 7.17. The maximum atomic E-state index is 11.2. The lowest BCUT2D eigenvalue weighted by molar-refractivity contribution is 0.0981. The number of amides is 1. The molecule has 1 aromatic carbocycles. The molecule has 0 fully saturated rings. The predicted octanol–water partition coefficient (Wildman–Crippen LogP) is 1.62. The molecule has 1 amide bonds. The Kier molecular flexibility index (Phi) is 2.83. The molecule has 0 spiro atoms. The summed E-state index contributed by atoms with van der Waals surface area (Å²) in [4.78, 5) is 16.1. The van der Waals surface area contributed by atoms with Crippen molar-refractivity contribution < 1.29 is 4.79 Å². The summed E-state index contributed by atoms with van der Waals surface area (Å²) in [6, 6.07) is 9.77. The molecular weight excluding hydrogens is 207 g/mol. The molecule has 0 unspecified atom stereocenters. The van der Waals surface area contributed by atoms with Gasteiger partial charge in [0.05, 0.1) is 4.88 Å². The van der Waals surface area contributed by atoms with Gasteiger partial charge in [-0.05, 0) is 5.56 Å². The van der Waals surface area contributed by atoms with E-state index in [9.17, 15) is 4.79 Å². The highest BCUT2D eigenvalue weighted by Gasteiger charge is 2.09. The zero-order chi connectivity index (χ0) is 10.7. The van der Waals surface area contributed by atoms with Gasteiger partial charge in [-0.2, -0.15) is 0 Å². The van der Waals surface area contributed by atoms with E-state index in [-0.39, 0.29) is 5.91 Å². The molecule has 1 heterocycles. The van der Waals surface area contributed by atoms with E-state index in [0.717, 1.165) is 10.4 Å². The normalized spacial score (nSPS) is 9.87. The second-order valence-electron chi connectivity index (χ2n) is 2.87. The number of thiazole rings is 1. The summed E-state index contributed by atoms with van der Waals surface area (Å²) in [5.74, 6) is -0.359. The largest absolute Gasteiger partial charge is 0.403 e. The molecule has 15 heavy (non-hydrogen) atoms. The van der Waals surface area contributed by atoms with Gasteiger partial charge in [-0.25, -0.2) is 4.98 Å². The standard InChI is InChI=1S/C10H7BN2OS/c11-13-9(14)10-12-6-8(15-10)7-4-2-1-3-5-7/h1-6H,(H,13,14). The number of nitrogens with one attached hydrogen (secondary N) is 1. The van der Waals surface area contributed by atoms with E-state index < -0.39 is 0 Å². The van der Waals surface area contributed by atoms with Gasteiger partial charge in [-0.1, -0.05) is 30.3 Å². The molecule has 0 saturated carbocycles. The highest BCUT2D eigenvalue weighted by atomic mass is 32.1. The SMILES string of the molecule is [B]NC(=O)c1ncc(-c2ccccc2)s1. The summed E-state index contributed by atoms with van der Waals surface area (Å²) in [5.41, 5.74) is 1.05. The smallest absolute Gasteiger partial charge is 0.267 e. The third-order valence-electron chi connectivity index (χ3n) is 1.89. The maximum Gasteiger partial charge on any atom is 0.267 e. The van der Waals surface area contributed by atoms with Crippen LogP contribution in [0.3, 0.4) is 0 Å². The van der Waals surface area contributed by atoms with Gasteiger partial charge in [-0.3, -0.25) is 4.79 Å². The molecule has 72 valence electrons. The number of aromatic nitrogens is 1. The summed E-state index contributed by atoms with van der Waals surface area (Å²) in [7, 11) is 5.02. The van der Waals surface area contributed by atoms with E-state index in [1.165, 1.54) is 11.3 Å². The first-order valence-corrected chi connectivity index (χ1v) is 5.15. The molecule has 0 aliphatic heterocycles. The molecule has 0 aliphatic carbocycles. The van der Waals surface area contributed by atoms with Gasteiger partial charge in [0.25, 0.3) is 5.91 Å². The molecular formula is C10H7BN2OS. The van der Waals surface area contributed by atoms with Gasteiger partial charge in [0.15, 0.2) is 5.01 Å². The molecule has 0 saturated heterocycles. The number of nitrogens with zero attached hydrogens (tertiary/aromatic N) is 1. The van der Waals surface area contributed by atoms with Crippen LogP contribution in [-0.4, -0.2) is 18.9 Å². The van der Waals surface area contributed by atoms with Crippen LogP contribution in [0.1, 0.15) is 9.80 Å². The number of rotatable bonds is 2. The molecule has 3 nitrogen and oxygen atoms in total. The lowest BCUT2D eigenvalue weighted by atomic mass is 10.2. The molecule has 2 aromatic rings. The molecule has 0 bridgehead atoms. The first-order valence-electron chi connectivity index (χ1n) is 4.33. The van der Waals surface area contributed by atoms with Gasteiger partial charge >= 0.3 is 0 Å². The molecule has 2 rings (SSSR count). The lowest BCUT2D eigenvalue weighted by Gasteiger charge is -1.94. The van der Waals surface area contributed by atoms with Crippen LogP contribution in [0.15, 0.2) is 36.5 Å². The van der Waals surface area contributed by atoms with Gasteiger partial charge in [0.1, 0.15) is 0 Å². The van der Waals surface area contributed by atoms with Crippen molar-refractivity contribution in [3.05, 3.63) is 41.5 Å². The Labute approximate surface area is 92.6 Å². The van der Waals surface area contributed by atoms with Crippen LogP contribution < -0.4 is 5.23 Å². The van der Waals surface area contributed by atoms with Crippen molar-refractivity contribution in [1.82, 2.24) is 10.2 Å². The summed E-state index contributed by atoms with van der Waals surface area (Å²) in [6.07, 6.45) is 1.67. The van der Waals surface area contributed by atoms with Crippen LogP contribution in [0.2, 0.25) is 0 Å². The van der Waals surface area contributed by atoms with Crippen LogP contribution in [0, 0.1) is 0 Å². The van der Waals surface area contributed by atoms with Crippen LogP contribution in [0.4, 0.5) is 0 Å². The minimum absolute atomic E-state index is 0.359. The zero-order valence-electron chi connectivity index (χ0n) is 7.81. The van der Waals surface area contributed by atoms with Crippen molar-refractivity contribution in [3.8, 4) is 10.4 Å². The fraction of sp³-hybridized carbons (Fsp3) is 0. The molecule has 2 radical (unpaired) electrons. The fourth-order valence-electron chi connectivity index (χ4n) is 1.18. The molecule has 1 aromatic heterocycles. The quantitative estimate of drug-likeness (QED) is 0.771.